The Kier molecular flexibility index (Phi) is 20.6. The Morgan fingerprint density at radius 1 is 0.467 bits per heavy atom. The highest BCUT2D eigenvalue weighted by Crippen LogP contribution is 2.12. The maximum absolute atomic E-state index is 5.65. The average molecular weight is 421 g/mol. The smallest absolute Gasteiger partial charge is 0.0718 e. The predicted octanol–water partition coefficient (Wildman–Crippen LogP) is 7.72. The number of rotatable bonds is 23. The Balaban J connectivity index is 1.65. The van der Waals surface area contributed by atoms with Gasteiger partial charge in [-0.2, -0.15) is 0 Å². The van der Waals surface area contributed by atoms with E-state index >= 15 is 0 Å². The molecule has 0 radical (unpaired) electrons. The van der Waals surface area contributed by atoms with Crippen molar-refractivity contribution in [2.24, 2.45) is 0 Å². The fraction of sp³-hybridized carbons (Fsp3) is 0.778. The topological polar surface area (TPSA) is 27.7 Å². The molecule has 0 heterocycles. The second-order valence-corrected chi connectivity index (χ2v) is 8.36. The minimum Gasteiger partial charge on any atom is -0.379 e. The molecule has 1 aromatic rings. The molecule has 0 spiro atoms. The van der Waals surface area contributed by atoms with E-state index in [1.54, 1.807) is 0 Å². The molecule has 1 rings (SSSR count). The molecule has 3 heteroatoms. The van der Waals surface area contributed by atoms with Crippen molar-refractivity contribution in [3.8, 4) is 0 Å². The van der Waals surface area contributed by atoms with Crippen LogP contribution in [-0.4, -0.2) is 33.0 Å². The third kappa shape index (κ3) is 19.1. The molecule has 0 saturated carbocycles. The van der Waals surface area contributed by atoms with Gasteiger partial charge >= 0.3 is 0 Å². The normalized spacial score (nSPS) is 11.2. The largest absolute Gasteiger partial charge is 0.379 e. The first-order valence-electron chi connectivity index (χ1n) is 12.7. The maximum Gasteiger partial charge on any atom is 0.0718 e. The molecule has 0 aliphatic carbocycles. The highest BCUT2D eigenvalue weighted by atomic mass is 16.5. The first-order valence-corrected chi connectivity index (χ1v) is 12.7. The summed E-state index contributed by atoms with van der Waals surface area (Å²) in [6, 6.07) is 10.2. The van der Waals surface area contributed by atoms with Crippen LogP contribution in [0.3, 0.4) is 0 Å². The van der Waals surface area contributed by atoms with E-state index in [2.05, 4.69) is 19.1 Å². The van der Waals surface area contributed by atoms with Gasteiger partial charge in [-0.05, 0) is 12.0 Å². The summed E-state index contributed by atoms with van der Waals surface area (Å²) in [5.41, 5.74) is 1.20. The van der Waals surface area contributed by atoms with Crippen molar-refractivity contribution in [3.05, 3.63) is 35.9 Å². The van der Waals surface area contributed by atoms with Gasteiger partial charge in [-0.15, -0.1) is 0 Å². The van der Waals surface area contributed by atoms with E-state index in [1.807, 2.05) is 18.2 Å². The van der Waals surface area contributed by atoms with Crippen LogP contribution in [0.1, 0.15) is 102 Å². The number of hydrogen-bond acceptors (Lipinski definition) is 3. The van der Waals surface area contributed by atoms with Crippen molar-refractivity contribution in [2.75, 3.05) is 33.0 Å². The van der Waals surface area contributed by atoms with Crippen LogP contribution in [0.4, 0.5) is 0 Å². The molecular weight excluding hydrogens is 372 g/mol. The zero-order valence-electron chi connectivity index (χ0n) is 19.8. The number of hydrogen-bond donors (Lipinski definition) is 0. The first kappa shape index (κ1) is 27.1. The highest BCUT2D eigenvalue weighted by Gasteiger charge is 1.96. The van der Waals surface area contributed by atoms with Gasteiger partial charge in [-0.3, -0.25) is 0 Å². The average Bonchev–Trinajstić information content (AvgIpc) is 2.78. The maximum atomic E-state index is 5.65. The van der Waals surface area contributed by atoms with Gasteiger partial charge in [0, 0.05) is 6.61 Å². The van der Waals surface area contributed by atoms with Gasteiger partial charge in [0.1, 0.15) is 0 Å². The number of benzene rings is 1. The van der Waals surface area contributed by atoms with E-state index in [9.17, 15) is 0 Å². The molecule has 0 aliphatic rings. The lowest BCUT2D eigenvalue weighted by Crippen LogP contribution is -2.09. The molecular formula is C27H48O3. The fourth-order valence-electron chi connectivity index (χ4n) is 3.60. The first-order chi connectivity index (χ1) is 14.9. The summed E-state index contributed by atoms with van der Waals surface area (Å²) in [7, 11) is 0. The summed E-state index contributed by atoms with van der Waals surface area (Å²) >= 11 is 0. The Bertz CT molecular complexity index is 435. The number of ether oxygens (including phenoxy) is 3. The van der Waals surface area contributed by atoms with Crippen molar-refractivity contribution < 1.29 is 14.2 Å². The molecule has 0 aromatic heterocycles. The van der Waals surface area contributed by atoms with Crippen molar-refractivity contribution in [1.29, 1.82) is 0 Å². The van der Waals surface area contributed by atoms with Crippen LogP contribution in [0.2, 0.25) is 0 Å². The standard InChI is InChI=1S/C27H48O3/c1-2-3-4-5-6-7-8-9-10-11-12-13-14-18-21-28-22-23-29-24-25-30-26-27-19-16-15-17-20-27/h15-17,19-20H,2-14,18,21-26H2,1H3. The van der Waals surface area contributed by atoms with E-state index < -0.39 is 0 Å². The van der Waals surface area contributed by atoms with Crippen LogP contribution in [-0.2, 0) is 20.8 Å². The zero-order valence-corrected chi connectivity index (χ0v) is 19.8. The van der Waals surface area contributed by atoms with Gasteiger partial charge in [-0.1, -0.05) is 121 Å². The van der Waals surface area contributed by atoms with Crippen molar-refractivity contribution in [1.82, 2.24) is 0 Å². The van der Waals surface area contributed by atoms with Crippen LogP contribution in [0.25, 0.3) is 0 Å². The monoisotopic (exact) mass is 420 g/mol. The van der Waals surface area contributed by atoms with Gasteiger partial charge in [0.05, 0.1) is 33.0 Å². The Hall–Kier alpha value is -0.900. The minimum absolute atomic E-state index is 0.633. The van der Waals surface area contributed by atoms with Gasteiger partial charge in [0.15, 0.2) is 0 Å². The SMILES string of the molecule is CCCCCCCCCCCCCCCCOCCOCCOCc1ccccc1. The van der Waals surface area contributed by atoms with Crippen LogP contribution in [0, 0.1) is 0 Å². The van der Waals surface area contributed by atoms with Crippen molar-refractivity contribution in [2.45, 2.75) is 103 Å². The predicted molar refractivity (Wildman–Crippen MR) is 128 cm³/mol. The Morgan fingerprint density at radius 2 is 0.900 bits per heavy atom. The van der Waals surface area contributed by atoms with E-state index in [-0.39, 0.29) is 0 Å². The van der Waals surface area contributed by atoms with Gasteiger partial charge < -0.3 is 14.2 Å². The fourth-order valence-corrected chi connectivity index (χ4v) is 3.60. The summed E-state index contributed by atoms with van der Waals surface area (Å²) < 4.78 is 16.8. The summed E-state index contributed by atoms with van der Waals surface area (Å²) in [6.07, 6.45) is 19.5. The van der Waals surface area contributed by atoms with E-state index in [0.717, 1.165) is 6.61 Å². The second-order valence-electron chi connectivity index (χ2n) is 8.36. The second kappa shape index (κ2) is 22.8. The summed E-state index contributed by atoms with van der Waals surface area (Å²) in [5, 5.41) is 0. The number of unbranched alkanes of at least 4 members (excludes halogenated alkanes) is 13. The van der Waals surface area contributed by atoms with Crippen LogP contribution >= 0.6 is 0 Å². The summed E-state index contributed by atoms with van der Waals surface area (Å²) in [4.78, 5) is 0. The molecule has 3 nitrogen and oxygen atoms in total. The quantitative estimate of drug-likeness (QED) is 0.170. The minimum atomic E-state index is 0.633. The van der Waals surface area contributed by atoms with Crippen molar-refractivity contribution >= 4 is 0 Å². The molecule has 30 heavy (non-hydrogen) atoms. The molecule has 0 atom stereocenters. The van der Waals surface area contributed by atoms with E-state index in [4.69, 9.17) is 14.2 Å². The van der Waals surface area contributed by atoms with Gasteiger partial charge in [0.25, 0.3) is 0 Å². The Morgan fingerprint density at radius 3 is 1.43 bits per heavy atom. The lowest BCUT2D eigenvalue weighted by molar-refractivity contribution is 0.0100. The van der Waals surface area contributed by atoms with Crippen LogP contribution in [0.5, 0.6) is 0 Å². The van der Waals surface area contributed by atoms with Crippen LogP contribution < -0.4 is 0 Å². The summed E-state index contributed by atoms with van der Waals surface area (Å²) in [5.74, 6) is 0. The molecule has 0 saturated heterocycles. The molecule has 0 bridgehead atoms. The molecule has 0 unspecified atom stereocenters. The summed E-state index contributed by atoms with van der Waals surface area (Å²) in [6.45, 7) is 6.42. The van der Waals surface area contributed by atoms with Crippen LogP contribution in [0.15, 0.2) is 30.3 Å². The zero-order chi connectivity index (χ0) is 21.4. The Labute approximate surface area is 186 Å². The van der Waals surface area contributed by atoms with E-state index in [1.165, 1.54) is 95.5 Å². The lowest BCUT2D eigenvalue weighted by Gasteiger charge is -2.07. The van der Waals surface area contributed by atoms with E-state index in [0.29, 0.717) is 33.0 Å². The lowest BCUT2D eigenvalue weighted by atomic mass is 10.0. The third-order valence-electron chi connectivity index (χ3n) is 5.50. The molecule has 0 aliphatic heterocycles. The van der Waals surface area contributed by atoms with Gasteiger partial charge in [0.2, 0.25) is 0 Å². The third-order valence-corrected chi connectivity index (χ3v) is 5.50. The molecule has 0 fully saturated rings. The van der Waals surface area contributed by atoms with Gasteiger partial charge in [-0.25, -0.2) is 0 Å². The molecule has 0 N–H and O–H groups in total. The molecule has 0 amide bonds. The van der Waals surface area contributed by atoms with Crippen molar-refractivity contribution in [3.63, 3.8) is 0 Å². The molecule has 174 valence electrons. The highest BCUT2D eigenvalue weighted by molar-refractivity contribution is 5.13. The molecule has 1 aromatic carbocycles.